The molecule has 0 fully saturated rings. The maximum atomic E-state index is 12.5. The summed E-state index contributed by atoms with van der Waals surface area (Å²) in [6, 6.07) is 17.9. The molecule has 0 aliphatic carbocycles. The fourth-order valence-electron chi connectivity index (χ4n) is 3.33. The largest absolute Gasteiger partial charge is 0.489 e. The highest BCUT2D eigenvalue weighted by molar-refractivity contribution is 5.75. The molecule has 6 nitrogen and oxygen atoms in total. The SMILES string of the molecule is CC(C)Cc1n[nH]c2c(=O)[nH]c(Cc3ccccc3OCc3ccccc3)nc12. The Kier molecular flexibility index (Phi) is 5.42. The molecule has 2 aromatic carbocycles. The Morgan fingerprint density at radius 3 is 2.59 bits per heavy atom. The average molecular weight is 388 g/mol. The number of rotatable bonds is 7. The van der Waals surface area contributed by atoms with E-state index in [1.807, 2.05) is 54.6 Å². The summed E-state index contributed by atoms with van der Waals surface area (Å²) in [5.74, 6) is 1.82. The Hall–Kier alpha value is -3.41. The Labute approximate surface area is 169 Å². The van der Waals surface area contributed by atoms with Gasteiger partial charge in [0.05, 0.1) is 5.69 Å². The molecular weight excluding hydrogens is 364 g/mol. The average Bonchev–Trinajstić information content (AvgIpc) is 3.11. The van der Waals surface area contributed by atoms with Crippen LogP contribution >= 0.6 is 0 Å². The Balaban J connectivity index is 1.61. The van der Waals surface area contributed by atoms with Gasteiger partial charge >= 0.3 is 0 Å². The van der Waals surface area contributed by atoms with Gasteiger partial charge in [-0.1, -0.05) is 62.4 Å². The van der Waals surface area contributed by atoms with E-state index in [0.29, 0.717) is 35.8 Å². The number of aromatic nitrogens is 4. The summed E-state index contributed by atoms with van der Waals surface area (Å²) in [6.07, 6.45) is 1.25. The van der Waals surface area contributed by atoms with Gasteiger partial charge in [-0.2, -0.15) is 5.10 Å². The predicted molar refractivity (Wildman–Crippen MR) is 113 cm³/mol. The van der Waals surface area contributed by atoms with E-state index in [1.165, 1.54) is 0 Å². The third kappa shape index (κ3) is 4.37. The molecule has 4 aromatic rings. The molecule has 0 amide bonds. The summed E-state index contributed by atoms with van der Waals surface area (Å²) in [6.45, 7) is 4.73. The van der Waals surface area contributed by atoms with Gasteiger partial charge in [0.2, 0.25) is 0 Å². The normalized spacial score (nSPS) is 11.3. The first-order valence-corrected chi connectivity index (χ1v) is 9.81. The van der Waals surface area contributed by atoms with Crippen molar-refractivity contribution in [1.82, 2.24) is 20.2 Å². The summed E-state index contributed by atoms with van der Waals surface area (Å²) >= 11 is 0. The van der Waals surface area contributed by atoms with E-state index >= 15 is 0 Å². The molecule has 6 heteroatoms. The molecule has 148 valence electrons. The van der Waals surface area contributed by atoms with E-state index in [9.17, 15) is 4.79 Å². The number of para-hydroxylation sites is 1. The number of ether oxygens (including phenoxy) is 1. The predicted octanol–water partition coefficient (Wildman–Crippen LogP) is 4.01. The highest BCUT2D eigenvalue weighted by Gasteiger charge is 2.14. The number of nitrogens with one attached hydrogen (secondary N) is 2. The van der Waals surface area contributed by atoms with E-state index in [1.54, 1.807) is 0 Å². The molecular formula is C23H24N4O2. The van der Waals surface area contributed by atoms with Crippen molar-refractivity contribution in [2.75, 3.05) is 0 Å². The van der Waals surface area contributed by atoms with E-state index in [4.69, 9.17) is 9.72 Å². The van der Waals surface area contributed by atoms with E-state index in [0.717, 1.165) is 29.0 Å². The standard InChI is InChI=1S/C23H24N4O2/c1-15(2)12-18-21-22(27-26-18)23(28)25-20(24-21)13-17-10-6-7-11-19(17)29-14-16-8-4-3-5-9-16/h3-11,15H,12-14H2,1-2H3,(H,26,27)(H,24,25,28). The summed E-state index contributed by atoms with van der Waals surface area (Å²) in [4.78, 5) is 20.1. The van der Waals surface area contributed by atoms with Crippen molar-refractivity contribution in [2.45, 2.75) is 33.3 Å². The number of aromatic amines is 2. The molecule has 29 heavy (non-hydrogen) atoms. The van der Waals surface area contributed by atoms with Crippen LogP contribution in [0.1, 0.15) is 36.5 Å². The van der Waals surface area contributed by atoms with Gasteiger partial charge in [0.15, 0.2) is 0 Å². The fourth-order valence-corrected chi connectivity index (χ4v) is 3.33. The second kappa shape index (κ2) is 8.31. The minimum Gasteiger partial charge on any atom is -0.489 e. The van der Waals surface area contributed by atoms with Gasteiger partial charge < -0.3 is 9.72 Å². The maximum absolute atomic E-state index is 12.5. The topological polar surface area (TPSA) is 83.7 Å². The second-order valence-corrected chi connectivity index (χ2v) is 7.56. The van der Waals surface area contributed by atoms with E-state index in [-0.39, 0.29) is 5.56 Å². The van der Waals surface area contributed by atoms with Crippen molar-refractivity contribution in [3.8, 4) is 5.75 Å². The molecule has 0 saturated heterocycles. The first-order chi connectivity index (χ1) is 14.1. The molecule has 2 aromatic heterocycles. The van der Waals surface area contributed by atoms with Crippen LogP contribution < -0.4 is 10.3 Å². The van der Waals surface area contributed by atoms with Crippen LogP contribution in [0.3, 0.4) is 0 Å². The minimum atomic E-state index is -0.199. The zero-order valence-electron chi connectivity index (χ0n) is 16.6. The summed E-state index contributed by atoms with van der Waals surface area (Å²) in [7, 11) is 0. The fraction of sp³-hybridized carbons (Fsp3) is 0.261. The molecule has 0 spiro atoms. The molecule has 0 aliphatic heterocycles. The van der Waals surface area contributed by atoms with Crippen LogP contribution in [0.2, 0.25) is 0 Å². The van der Waals surface area contributed by atoms with E-state index in [2.05, 4.69) is 29.0 Å². The molecule has 0 bridgehead atoms. The van der Waals surface area contributed by atoms with Crippen LogP contribution in [0.4, 0.5) is 0 Å². The van der Waals surface area contributed by atoms with Gasteiger partial charge in [0.1, 0.15) is 29.2 Å². The molecule has 0 saturated carbocycles. The zero-order chi connectivity index (χ0) is 20.2. The number of fused-ring (bicyclic) bond motifs is 1. The zero-order valence-corrected chi connectivity index (χ0v) is 16.6. The number of benzene rings is 2. The van der Waals surface area contributed by atoms with Gasteiger partial charge in [0, 0.05) is 12.0 Å². The third-order valence-corrected chi connectivity index (χ3v) is 4.71. The van der Waals surface area contributed by atoms with Gasteiger partial charge in [-0.3, -0.25) is 9.89 Å². The second-order valence-electron chi connectivity index (χ2n) is 7.56. The summed E-state index contributed by atoms with van der Waals surface area (Å²) < 4.78 is 6.04. The lowest BCUT2D eigenvalue weighted by Gasteiger charge is -2.11. The first kappa shape index (κ1) is 18.9. The number of H-pyrrole nitrogens is 2. The van der Waals surface area contributed by atoms with Crippen LogP contribution in [0, 0.1) is 5.92 Å². The van der Waals surface area contributed by atoms with Gasteiger partial charge in [-0.25, -0.2) is 4.98 Å². The van der Waals surface area contributed by atoms with Crippen LogP contribution in [0.15, 0.2) is 59.4 Å². The first-order valence-electron chi connectivity index (χ1n) is 9.81. The van der Waals surface area contributed by atoms with Crippen molar-refractivity contribution in [2.24, 2.45) is 5.92 Å². The lowest BCUT2D eigenvalue weighted by atomic mass is 10.1. The lowest BCUT2D eigenvalue weighted by molar-refractivity contribution is 0.303. The Bertz CT molecular complexity index is 1160. The summed E-state index contributed by atoms with van der Waals surface area (Å²) in [5, 5.41) is 7.11. The lowest BCUT2D eigenvalue weighted by Crippen LogP contribution is -2.13. The highest BCUT2D eigenvalue weighted by Crippen LogP contribution is 2.22. The smallest absolute Gasteiger partial charge is 0.276 e. The quantitative estimate of drug-likeness (QED) is 0.501. The molecule has 2 N–H and O–H groups in total. The van der Waals surface area contributed by atoms with Crippen molar-refractivity contribution in [3.05, 3.63) is 87.6 Å². The van der Waals surface area contributed by atoms with Crippen molar-refractivity contribution in [3.63, 3.8) is 0 Å². The minimum absolute atomic E-state index is 0.199. The molecule has 0 unspecified atom stereocenters. The molecule has 4 rings (SSSR count). The van der Waals surface area contributed by atoms with E-state index < -0.39 is 0 Å². The van der Waals surface area contributed by atoms with Crippen LogP contribution in [-0.2, 0) is 19.4 Å². The highest BCUT2D eigenvalue weighted by atomic mass is 16.5. The van der Waals surface area contributed by atoms with Crippen molar-refractivity contribution < 1.29 is 4.74 Å². The number of hydrogen-bond acceptors (Lipinski definition) is 4. The van der Waals surface area contributed by atoms with Gasteiger partial charge in [-0.05, 0) is 24.0 Å². The Morgan fingerprint density at radius 2 is 1.79 bits per heavy atom. The van der Waals surface area contributed by atoms with Gasteiger partial charge in [-0.15, -0.1) is 0 Å². The van der Waals surface area contributed by atoms with Crippen LogP contribution in [0.5, 0.6) is 5.75 Å². The maximum Gasteiger partial charge on any atom is 0.276 e. The van der Waals surface area contributed by atoms with Crippen LogP contribution in [-0.4, -0.2) is 20.2 Å². The van der Waals surface area contributed by atoms with Gasteiger partial charge in [0.25, 0.3) is 5.56 Å². The monoisotopic (exact) mass is 388 g/mol. The number of nitrogens with zero attached hydrogens (tertiary/aromatic N) is 2. The molecule has 2 heterocycles. The van der Waals surface area contributed by atoms with Crippen molar-refractivity contribution >= 4 is 11.0 Å². The third-order valence-electron chi connectivity index (χ3n) is 4.71. The molecule has 0 aliphatic rings. The summed E-state index contributed by atoms with van der Waals surface area (Å²) in [5.41, 5.74) is 3.79. The molecule has 0 radical (unpaired) electrons. The van der Waals surface area contributed by atoms with Crippen LogP contribution in [0.25, 0.3) is 11.0 Å². The number of hydrogen-bond donors (Lipinski definition) is 2. The Morgan fingerprint density at radius 1 is 1.03 bits per heavy atom. The molecule has 0 atom stereocenters. The van der Waals surface area contributed by atoms with Crippen molar-refractivity contribution in [1.29, 1.82) is 0 Å².